The second-order valence-corrected chi connectivity index (χ2v) is 4.30. The Kier molecular flexibility index (Phi) is 3.62. The molecule has 1 aromatic heterocycles. The molecule has 0 saturated carbocycles. The van der Waals surface area contributed by atoms with Gasteiger partial charge in [-0.1, -0.05) is 11.6 Å². The molecule has 0 amide bonds. The van der Waals surface area contributed by atoms with Crippen molar-refractivity contribution in [3.05, 3.63) is 50.9 Å². The Bertz CT molecular complexity index is 626. The van der Waals surface area contributed by atoms with Gasteiger partial charge in [-0.2, -0.15) is 4.98 Å². The number of halogens is 1. The first-order valence-corrected chi connectivity index (χ1v) is 5.77. The van der Waals surface area contributed by atoms with Gasteiger partial charge in [-0.05, 0) is 26.0 Å². The lowest BCUT2D eigenvalue weighted by Gasteiger charge is -2.06. The van der Waals surface area contributed by atoms with E-state index < -0.39 is 4.92 Å². The highest BCUT2D eigenvalue weighted by molar-refractivity contribution is 6.30. The summed E-state index contributed by atoms with van der Waals surface area (Å²) in [4.78, 5) is 18.5. The summed E-state index contributed by atoms with van der Waals surface area (Å²) in [5.74, 6) is 0.883. The number of nitro benzene ring substituents is 1. The normalized spacial score (nSPS) is 10.3. The van der Waals surface area contributed by atoms with Crippen molar-refractivity contribution in [2.75, 3.05) is 0 Å². The van der Waals surface area contributed by atoms with Gasteiger partial charge in [-0.25, -0.2) is 4.98 Å². The average Bonchev–Trinajstić information content (AvgIpc) is 2.30. The molecular weight excluding hydrogens is 270 g/mol. The summed E-state index contributed by atoms with van der Waals surface area (Å²) >= 11 is 5.73. The van der Waals surface area contributed by atoms with Crippen molar-refractivity contribution in [3.63, 3.8) is 0 Å². The fourth-order valence-corrected chi connectivity index (χ4v) is 1.73. The summed E-state index contributed by atoms with van der Waals surface area (Å²) < 4.78 is 5.44. The first-order chi connectivity index (χ1) is 8.95. The molecule has 0 spiro atoms. The van der Waals surface area contributed by atoms with Crippen LogP contribution in [0.4, 0.5) is 5.69 Å². The van der Waals surface area contributed by atoms with Crippen LogP contribution in [0.15, 0.2) is 24.3 Å². The van der Waals surface area contributed by atoms with Crippen LogP contribution in [0.25, 0.3) is 0 Å². The number of aromatic nitrogens is 2. The molecule has 0 aliphatic heterocycles. The van der Waals surface area contributed by atoms with E-state index in [2.05, 4.69) is 9.97 Å². The van der Waals surface area contributed by atoms with Crippen LogP contribution in [0.1, 0.15) is 11.5 Å². The molecule has 0 fully saturated rings. The Balaban J connectivity index is 2.40. The van der Waals surface area contributed by atoms with Crippen molar-refractivity contribution >= 4 is 17.3 Å². The third-order valence-electron chi connectivity index (χ3n) is 2.27. The predicted molar refractivity (Wildman–Crippen MR) is 69.7 cm³/mol. The molecule has 0 N–H and O–H groups in total. The van der Waals surface area contributed by atoms with E-state index in [1.54, 1.807) is 19.9 Å². The molecule has 0 unspecified atom stereocenters. The Hall–Kier alpha value is -2.21. The molecule has 0 aliphatic carbocycles. The van der Waals surface area contributed by atoms with Crippen LogP contribution in [0.3, 0.4) is 0 Å². The molecule has 2 rings (SSSR count). The third kappa shape index (κ3) is 3.17. The van der Waals surface area contributed by atoms with E-state index in [4.69, 9.17) is 16.3 Å². The maximum absolute atomic E-state index is 10.9. The monoisotopic (exact) mass is 279 g/mol. The van der Waals surface area contributed by atoms with E-state index in [0.29, 0.717) is 5.82 Å². The van der Waals surface area contributed by atoms with Gasteiger partial charge in [-0.3, -0.25) is 10.1 Å². The number of rotatable bonds is 3. The average molecular weight is 280 g/mol. The highest BCUT2D eigenvalue weighted by Gasteiger charge is 2.17. The first-order valence-electron chi connectivity index (χ1n) is 5.40. The van der Waals surface area contributed by atoms with Gasteiger partial charge in [0.2, 0.25) is 11.6 Å². The number of nitro groups is 1. The Morgan fingerprint density at radius 3 is 2.63 bits per heavy atom. The molecule has 6 nitrogen and oxygen atoms in total. The number of benzene rings is 1. The molecule has 1 heterocycles. The maximum atomic E-state index is 10.9. The minimum Gasteiger partial charge on any atom is -0.432 e. The molecule has 19 heavy (non-hydrogen) atoms. The van der Waals surface area contributed by atoms with Gasteiger partial charge in [0, 0.05) is 22.8 Å². The van der Waals surface area contributed by atoms with Crippen LogP contribution >= 0.6 is 11.6 Å². The Morgan fingerprint density at radius 2 is 2.00 bits per heavy atom. The Labute approximate surface area is 114 Å². The van der Waals surface area contributed by atoms with Crippen molar-refractivity contribution in [2.45, 2.75) is 13.8 Å². The zero-order chi connectivity index (χ0) is 14.0. The smallest absolute Gasteiger partial charge is 0.313 e. The maximum Gasteiger partial charge on any atom is 0.313 e. The number of nitrogens with zero attached hydrogens (tertiary/aromatic N) is 3. The molecule has 7 heteroatoms. The second-order valence-electron chi connectivity index (χ2n) is 3.87. The molecule has 2 aromatic rings. The SMILES string of the molecule is Cc1cc(Oc2ccc(Cl)cc2[N+](=O)[O-])nc(C)n1. The molecule has 1 aromatic carbocycles. The van der Waals surface area contributed by atoms with Crippen LogP contribution in [-0.4, -0.2) is 14.9 Å². The largest absolute Gasteiger partial charge is 0.432 e. The first kappa shape index (κ1) is 13.2. The van der Waals surface area contributed by atoms with Crippen LogP contribution in [-0.2, 0) is 0 Å². The highest BCUT2D eigenvalue weighted by atomic mass is 35.5. The molecule has 98 valence electrons. The lowest BCUT2D eigenvalue weighted by atomic mass is 10.3. The topological polar surface area (TPSA) is 78.2 Å². The van der Waals surface area contributed by atoms with Crippen molar-refractivity contribution in [2.24, 2.45) is 0 Å². The van der Waals surface area contributed by atoms with Crippen molar-refractivity contribution < 1.29 is 9.66 Å². The number of ether oxygens (including phenoxy) is 1. The highest BCUT2D eigenvalue weighted by Crippen LogP contribution is 2.32. The van der Waals surface area contributed by atoms with Gasteiger partial charge >= 0.3 is 5.69 Å². The minimum absolute atomic E-state index is 0.0897. The summed E-state index contributed by atoms with van der Waals surface area (Å²) in [5, 5.41) is 11.2. The number of hydrogen-bond donors (Lipinski definition) is 0. The third-order valence-corrected chi connectivity index (χ3v) is 2.51. The van der Waals surface area contributed by atoms with Gasteiger partial charge in [0.05, 0.1) is 4.92 Å². The molecule has 0 saturated heterocycles. The molecular formula is C12H10ClN3O3. The lowest BCUT2D eigenvalue weighted by Crippen LogP contribution is -1.97. The van der Waals surface area contributed by atoms with E-state index in [1.807, 2.05) is 0 Å². The van der Waals surface area contributed by atoms with E-state index in [-0.39, 0.29) is 22.3 Å². The minimum atomic E-state index is -0.553. The van der Waals surface area contributed by atoms with Gasteiger partial charge in [-0.15, -0.1) is 0 Å². The van der Waals surface area contributed by atoms with Gasteiger partial charge in [0.1, 0.15) is 5.82 Å². The summed E-state index contributed by atoms with van der Waals surface area (Å²) in [7, 11) is 0. The zero-order valence-electron chi connectivity index (χ0n) is 10.3. The van der Waals surface area contributed by atoms with Gasteiger partial charge in [0.15, 0.2) is 0 Å². The fraction of sp³-hybridized carbons (Fsp3) is 0.167. The lowest BCUT2D eigenvalue weighted by molar-refractivity contribution is -0.385. The summed E-state index contributed by atoms with van der Waals surface area (Å²) in [5.41, 5.74) is 0.514. The predicted octanol–water partition coefficient (Wildman–Crippen LogP) is 3.45. The van der Waals surface area contributed by atoms with Gasteiger partial charge < -0.3 is 4.74 Å². The number of aryl methyl sites for hydroxylation is 2. The van der Waals surface area contributed by atoms with Crippen molar-refractivity contribution in [1.82, 2.24) is 9.97 Å². The number of hydrogen-bond acceptors (Lipinski definition) is 5. The zero-order valence-corrected chi connectivity index (χ0v) is 11.0. The second kappa shape index (κ2) is 5.19. The summed E-state index contributed by atoms with van der Waals surface area (Å²) in [6.07, 6.45) is 0. The van der Waals surface area contributed by atoms with Crippen LogP contribution in [0.2, 0.25) is 5.02 Å². The fourth-order valence-electron chi connectivity index (χ4n) is 1.57. The van der Waals surface area contributed by atoms with Crippen LogP contribution in [0.5, 0.6) is 11.6 Å². The van der Waals surface area contributed by atoms with Crippen molar-refractivity contribution in [3.8, 4) is 11.6 Å². The van der Waals surface area contributed by atoms with E-state index >= 15 is 0 Å². The molecule has 0 radical (unpaired) electrons. The van der Waals surface area contributed by atoms with E-state index in [0.717, 1.165) is 5.69 Å². The quantitative estimate of drug-likeness (QED) is 0.635. The van der Waals surface area contributed by atoms with Crippen molar-refractivity contribution in [1.29, 1.82) is 0 Å². The van der Waals surface area contributed by atoms with E-state index in [9.17, 15) is 10.1 Å². The summed E-state index contributed by atoms with van der Waals surface area (Å²) in [6, 6.07) is 5.79. The Morgan fingerprint density at radius 1 is 1.26 bits per heavy atom. The molecule has 0 aliphatic rings. The summed E-state index contributed by atoms with van der Waals surface area (Å²) in [6.45, 7) is 3.51. The van der Waals surface area contributed by atoms with Crippen LogP contribution in [0, 0.1) is 24.0 Å². The molecule has 0 atom stereocenters. The molecule has 0 bridgehead atoms. The van der Waals surface area contributed by atoms with Gasteiger partial charge in [0.25, 0.3) is 0 Å². The van der Waals surface area contributed by atoms with E-state index in [1.165, 1.54) is 18.2 Å². The van der Waals surface area contributed by atoms with Crippen LogP contribution < -0.4 is 4.74 Å². The standard InChI is InChI=1S/C12H10ClN3O3/c1-7-5-12(15-8(2)14-7)19-11-4-3-9(13)6-10(11)16(17)18/h3-6H,1-2H3.